The molecule has 0 saturated carbocycles. The fourth-order valence-corrected chi connectivity index (χ4v) is 5.99. The molecule has 2 unspecified atom stereocenters. The van der Waals surface area contributed by atoms with Gasteiger partial charge < -0.3 is 24.4 Å². The molecule has 48 heavy (non-hydrogen) atoms. The third kappa shape index (κ3) is 10.0. The molecule has 264 valence electrons. The van der Waals surface area contributed by atoms with Crippen LogP contribution >= 0.6 is 0 Å². The lowest BCUT2D eigenvalue weighted by Gasteiger charge is -2.33. The number of alkyl halides is 3. The largest absolute Gasteiger partial charge is 0.461 e. The monoisotopic (exact) mass is 676 g/mol. The molecule has 0 aromatic heterocycles. The Kier molecular flexibility index (Phi) is 14.4. The van der Waals surface area contributed by atoms with Crippen LogP contribution in [0.1, 0.15) is 76.3 Å². The Bertz CT molecular complexity index is 1340. The highest BCUT2D eigenvalue weighted by atomic mass is 19.4. The molecule has 1 aliphatic rings. The fraction of sp³-hybridized carbons (Fsp3) is 0.556. The van der Waals surface area contributed by atoms with E-state index in [-0.39, 0.29) is 31.1 Å². The third-order valence-corrected chi connectivity index (χ3v) is 8.75. The number of nitrogens with one attached hydrogen (secondary N) is 1. The zero-order chi connectivity index (χ0) is 35.3. The van der Waals surface area contributed by atoms with Crippen LogP contribution < -0.4 is 5.32 Å². The number of hydrogen-bond acceptors (Lipinski definition) is 7. The average Bonchev–Trinajstić information content (AvgIpc) is 3.05. The predicted octanol–water partition coefficient (Wildman–Crippen LogP) is 5.89. The maximum absolute atomic E-state index is 14.4. The number of nitrogens with zero attached hydrogens (tertiary/aromatic N) is 1. The zero-order valence-corrected chi connectivity index (χ0v) is 28.1. The summed E-state index contributed by atoms with van der Waals surface area (Å²) in [5.41, 5.74) is -2.92. The van der Waals surface area contributed by atoms with Gasteiger partial charge in [-0.2, -0.15) is 13.2 Å². The topological polar surface area (TPSA) is 111 Å². The van der Waals surface area contributed by atoms with Gasteiger partial charge in [0.2, 0.25) is 11.8 Å². The molecule has 0 spiro atoms. The molecular weight excluding hydrogens is 629 g/mol. The summed E-state index contributed by atoms with van der Waals surface area (Å²) < 4.78 is 59.1. The summed E-state index contributed by atoms with van der Waals surface area (Å²) >= 11 is 0. The molecule has 12 heteroatoms. The van der Waals surface area contributed by atoms with E-state index in [1.165, 1.54) is 23.1 Å². The van der Waals surface area contributed by atoms with Crippen LogP contribution in [0.3, 0.4) is 0 Å². The highest BCUT2D eigenvalue weighted by Crippen LogP contribution is 2.43. The second kappa shape index (κ2) is 18.0. The third-order valence-electron chi connectivity index (χ3n) is 8.75. The van der Waals surface area contributed by atoms with Crippen molar-refractivity contribution in [3.63, 3.8) is 0 Å². The number of hydrogen-bond donors (Lipinski definition) is 1. The van der Waals surface area contributed by atoms with Crippen LogP contribution in [0, 0.1) is 5.92 Å². The number of halogens is 3. The van der Waals surface area contributed by atoms with Crippen LogP contribution in [0.2, 0.25) is 0 Å². The Hall–Kier alpha value is -3.93. The maximum Gasteiger partial charge on any atom is 0.432 e. The molecule has 0 radical (unpaired) electrons. The zero-order valence-electron chi connectivity index (χ0n) is 28.1. The van der Waals surface area contributed by atoms with Gasteiger partial charge in [-0.15, -0.1) is 0 Å². The van der Waals surface area contributed by atoms with Crippen LogP contribution in [0.25, 0.3) is 0 Å². The standard InChI is InChI=1S/C36H47F3N2O7/c1-5-14-29-21-13-22-31(42)40-28(24-47-34(45)35(46-4,36(37,38)39)27-18-10-7-11-19-27)20-12-15-25(2)32(43)41(3)30(33(44)48-29)23-26-16-8-6-9-17-26/h6-11,16-19,25,28-30H,5,12-15,20-24H2,1-4H3,(H,40,42)/t25?,28-,29?,30+,35+/m1/s1. The average molecular weight is 677 g/mol. The van der Waals surface area contributed by atoms with Gasteiger partial charge in [0, 0.05) is 38.5 Å². The highest BCUT2D eigenvalue weighted by Gasteiger charge is 2.64. The number of benzene rings is 2. The molecule has 9 nitrogen and oxygen atoms in total. The number of carbonyl (C=O) groups is 4. The maximum atomic E-state index is 14.4. The number of rotatable bonds is 9. The van der Waals surface area contributed by atoms with Crippen molar-refractivity contribution in [1.82, 2.24) is 10.2 Å². The van der Waals surface area contributed by atoms with E-state index in [1.807, 2.05) is 37.3 Å². The van der Waals surface area contributed by atoms with Crippen LogP contribution in [0.4, 0.5) is 13.2 Å². The molecule has 2 aromatic rings. The molecular formula is C36H47F3N2O7. The SMILES string of the molecule is CCCC1CCCC(=O)N[C@@H](COC(=O)[C@@](OC)(c2ccccc2)C(F)(F)F)CCCC(C)C(=O)N(C)[C@@H](Cc2ccccc2)C(=O)O1. The first-order valence-electron chi connectivity index (χ1n) is 16.5. The molecule has 2 amide bonds. The number of amides is 2. The van der Waals surface area contributed by atoms with Crippen molar-refractivity contribution in [2.75, 3.05) is 20.8 Å². The molecule has 5 atom stereocenters. The molecule has 3 rings (SSSR count). The number of methoxy groups -OCH3 is 1. The Morgan fingerprint density at radius 2 is 1.62 bits per heavy atom. The minimum Gasteiger partial charge on any atom is -0.461 e. The van der Waals surface area contributed by atoms with E-state index in [1.54, 1.807) is 14.0 Å². The molecule has 1 saturated heterocycles. The lowest BCUT2D eigenvalue weighted by molar-refractivity contribution is -0.276. The van der Waals surface area contributed by atoms with E-state index < -0.39 is 60.0 Å². The van der Waals surface area contributed by atoms with Gasteiger partial charge in [-0.1, -0.05) is 87.4 Å². The predicted molar refractivity (Wildman–Crippen MR) is 172 cm³/mol. The van der Waals surface area contributed by atoms with Crippen molar-refractivity contribution in [3.8, 4) is 0 Å². The van der Waals surface area contributed by atoms with Gasteiger partial charge in [0.15, 0.2) is 0 Å². The summed E-state index contributed by atoms with van der Waals surface area (Å²) in [4.78, 5) is 54.7. The first-order chi connectivity index (χ1) is 22.8. The van der Waals surface area contributed by atoms with Crippen LogP contribution in [-0.2, 0) is 45.4 Å². The molecule has 1 aliphatic heterocycles. The van der Waals surface area contributed by atoms with E-state index in [0.29, 0.717) is 32.1 Å². The minimum atomic E-state index is -5.14. The van der Waals surface area contributed by atoms with Gasteiger partial charge in [0.1, 0.15) is 18.8 Å². The smallest absolute Gasteiger partial charge is 0.432 e. The summed E-state index contributed by atoms with van der Waals surface area (Å²) in [6.45, 7) is 3.16. The molecule has 0 bridgehead atoms. The number of ether oxygens (including phenoxy) is 3. The van der Waals surface area contributed by atoms with Gasteiger partial charge in [-0.25, -0.2) is 9.59 Å². The van der Waals surface area contributed by atoms with Crippen LogP contribution in [0.5, 0.6) is 0 Å². The Morgan fingerprint density at radius 3 is 2.23 bits per heavy atom. The highest BCUT2D eigenvalue weighted by molar-refractivity contribution is 5.86. The summed E-state index contributed by atoms with van der Waals surface area (Å²) in [6, 6.07) is 14.2. The van der Waals surface area contributed by atoms with Crippen molar-refractivity contribution in [1.29, 1.82) is 0 Å². The van der Waals surface area contributed by atoms with Gasteiger partial charge in [-0.05, 0) is 37.7 Å². The summed E-state index contributed by atoms with van der Waals surface area (Å²) in [6.07, 6.45) is -2.23. The second-order valence-electron chi connectivity index (χ2n) is 12.3. The van der Waals surface area contributed by atoms with Gasteiger partial charge >= 0.3 is 18.1 Å². The Labute approximate surface area is 280 Å². The summed E-state index contributed by atoms with van der Waals surface area (Å²) in [5.74, 6) is -3.32. The van der Waals surface area contributed by atoms with Crippen LogP contribution in [0.15, 0.2) is 60.7 Å². The normalized spacial score (nSPS) is 23.5. The lowest BCUT2D eigenvalue weighted by atomic mass is 9.92. The first-order valence-corrected chi connectivity index (χ1v) is 16.5. The van der Waals surface area contributed by atoms with Crippen molar-refractivity contribution in [2.45, 2.75) is 102 Å². The second-order valence-corrected chi connectivity index (χ2v) is 12.3. The quantitative estimate of drug-likeness (QED) is 0.330. The van der Waals surface area contributed by atoms with Crippen molar-refractivity contribution < 1.29 is 46.6 Å². The molecule has 1 fully saturated rings. The first kappa shape index (κ1) is 38.5. The molecule has 1 heterocycles. The Balaban J connectivity index is 1.81. The molecule has 2 aromatic carbocycles. The van der Waals surface area contributed by atoms with Crippen molar-refractivity contribution >= 4 is 23.8 Å². The van der Waals surface area contributed by atoms with E-state index in [9.17, 15) is 32.3 Å². The van der Waals surface area contributed by atoms with Crippen LogP contribution in [-0.4, -0.2) is 73.8 Å². The van der Waals surface area contributed by atoms with E-state index in [4.69, 9.17) is 14.2 Å². The van der Waals surface area contributed by atoms with Crippen molar-refractivity contribution in [2.24, 2.45) is 5.92 Å². The summed E-state index contributed by atoms with van der Waals surface area (Å²) in [7, 11) is 2.38. The van der Waals surface area contributed by atoms with E-state index in [0.717, 1.165) is 31.2 Å². The molecule has 1 N–H and O–H groups in total. The van der Waals surface area contributed by atoms with Crippen molar-refractivity contribution in [3.05, 3.63) is 71.8 Å². The van der Waals surface area contributed by atoms with Gasteiger partial charge in [0.05, 0.1) is 6.04 Å². The fourth-order valence-electron chi connectivity index (χ4n) is 5.99. The van der Waals surface area contributed by atoms with Gasteiger partial charge in [-0.3, -0.25) is 9.59 Å². The summed E-state index contributed by atoms with van der Waals surface area (Å²) in [5, 5.41) is 2.79. The van der Waals surface area contributed by atoms with E-state index >= 15 is 0 Å². The number of cyclic esters (lactones) is 1. The molecule has 0 aliphatic carbocycles. The number of esters is 2. The number of likely N-dealkylation sites (N-methyl/N-ethyl adjacent to an activating group) is 1. The Morgan fingerprint density at radius 1 is 0.979 bits per heavy atom. The van der Waals surface area contributed by atoms with E-state index in [2.05, 4.69) is 5.32 Å². The van der Waals surface area contributed by atoms with Gasteiger partial charge in [0.25, 0.3) is 5.60 Å². The number of carbonyl (C=O) groups excluding carboxylic acids is 4. The lowest BCUT2D eigenvalue weighted by Crippen LogP contribution is -2.52. The minimum absolute atomic E-state index is 0.0685.